The minimum Gasteiger partial charge on any atom is -0.478 e. The summed E-state index contributed by atoms with van der Waals surface area (Å²) in [7, 11) is 0. The molecular formula is C13H11F3N2O2S. The summed E-state index contributed by atoms with van der Waals surface area (Å²) in [4.78, 5) is 11.1. The number of carboxylic acids is 1. The van der Waals surface area contributed by atoms with Crippen LogP contribution in [0.1, 0.15) is 27.2 Å². The van der Waals surface area contributed by atoms with Gasteiger partial charge < -0.3 is 10.4 Å². The first-order valence-corrected chi connectivity index (χ1v) is 6.66. The number of hydrogen-bond donors (Lipinski definition) is 2. The van der Waals surface area contributed by atoms with Gasteiger partial charge in [-0.2, -0.15) is 17.5 Å². The Morgan fingerprint density at radius 1 is 1.38 bits per heavy atom. The first kappa shape index (κ1) is 15.3. The third-order valence-corrected chi connectivity index (χ3v) is 3.73. The van der Waals surface area contributed by atoms with Gasteiger partial charge in [0.1, 0.15) is 10.6 Å². The Hall–Kier alpha value is -2.09. The number of aryl methyl sites for hydroxylation is 1. The van der Waals surface area contributed by atoms with Crippen LogP contribution in [0, 0.1) is 6.92 Å². The first-order chi connectivity index (χ1) is 9.80. The number of aromatic carboxylic acids is 1. The molecule has 0 unspecified atom stereocenters. The average molecular weight is 316 g/mol. The van der Waals surface area contributed by atoms with Gasteiger partial charge in [-0.25, -0.2) is 4.79 Å². The third-order valence-electron chi connectivity index (χ3n) is 2.84. The zero-order valence-corrected chi connectivity index (χ0v) is 11.7. The summed E-state index contributed by atoms with van der Waals surface area (Å²) in [6.45, 7) is 1.41. The van der Waals surface area contributed by atoms with Crippen molar-refractivity contribution in [2.24, 2.45) is 0 Å². The topological polar surface area (TPSA) is 62.2 Å². The van der Waals surface area contributed by atoms with Crippen LogP contribution in [0.2, 0.25) is 0 Å². The smallest absolute Gasteiger partial charge is 0.416 e. The molecule has 8 heteroatoms. The third kappa shape index (κ3) is 3.33. The van der Waals surface area contributed by atoms with Crippen LogP contribution in [0.4, 0.5) is 18.2 Å². The van der Waals surface area contributed by atoms with E-state index in [9.17, 15) is 18.0 Å². The summed E-state index contributed by atoms with van der Waals surface area (Å²) in [6, 6.07) is 5.16. The number of anilines is 1. The number of benzene rings is 1. The lowest BCUT2D eigenvalue weighted by atomic mass is 10.1. The average Bonchev–Trinajstić information content (AvgIpc) is 2.77. The van der Waals surface area contributed by atoms with E-state index in [1.165, 1.54) is 25.1 Å². The molecule has 2 aromatic rings. The lowest BCUT2D eigenvalue weighted by molar-refractivity contribution is -0.138. The van der Waals surface area contributed by atoms with Crippen molar-refractivity contribution in [3.8, 4) is 0 Å². The molecule has 0 saturated carbocycles. The quantitative estimate of drug-likeness (QED) is 0.901. The Morgan fingerprint density at radius 3 is 2.67 bits per heavy atom. The Morgan fingerprint density at radius 2 is 2.05 bits per heavy atom. The van der Waals surface area contributed by atoms with E-state index in [4.69, 9.17) is 5.11 Å². The predicted octanol–water partition coefficient (Wildman–Crippen LogP) is 3.78. The fourth-order valence-electron chi connectivity index (χ4n) is 1.87. The molecule has 1 aromatic heterocycles. The number of alkyl halides is 3. The van der Waals surface area contributed by atoms with E-state index in [-0.39, 0.29) is 22.7 Å². The minimum atomic E-state index is -4.45. The van der Waals surface area contributed by atoms with Gasteiger partial charge in [0.25, 0.3) is 0 Å². The van der Waals surface area contributed by atoms with Crippen molar-refractivity contribution in [3.63, 3.8) is 0 Å². The van der Waals surface area contributed by atoms with Gasteiger partial charge in [0.15, 0.2) is 0 Å². The van der Waals surface area contributed by atoms with E-state index in [2.05, 4.69) is 9.69 Å². The van der Waals surface area contributed by atoms with E-state index in [1.807, 2.05) is 0 Å². The van der Waals surface area contributed by atoms with Crippen molar-refractivity contribution in [2.75, 3.05) is 5.32 Å². The monoisotopic (exact) mass is 316 g/mol. The Kier molecular flexibility index (Phi) is 4.17. The van der Waals surface area contributed by atoms with E-state index in [1.54, 1.807) is 0 Å². The molecule has 4 nitrogen and oxygen atoms in total. The summed E-state index contributed by atoms with van der Waals surface area (Å²) in [6.07, 6.45) is -4.45. The van der Waals surface area contributed by atoms with Crippen LogP contribution in [0.25, 0.3) is 0 Å². The van der Waals surface area contributed by atoms with Crippen LogP contribution in [0.3, 0.4) is 0 Å². The molecule has 0 bridgehead atoms. The SMILES string of the molecule is Cc1nsc(NCc2ccccc2C(F)(F)F)c1C(=O)O. The molecule has 2 rings (SSSR count). The van der Waals surface area contributed by atoms with E-state index >= 15 is 0 Å². The van der Waals surface area contributed by atoms with Crippen molar-refractivity contribution < 1.29 is 23.1 Å². The highest BCUT2D eigenvalue weighted by atomic mass is 32.1. The lowest BCUT2D eigenvalue weighted by Gasteiger charge is -2.13. The van der Waals surface area contributed by atoms with Gasteiger partial charge in [0, 0.05) is 6.54 Å². The molecule has 0 atom stereocenters. The molecule has 0 aliphatic carbocycles. The molecule has 112 valence electrons. The summed E-state index contributed by atoms with van der Waals surface area (Å²) in [5.74, 6) is -1.16. The lowest BCUT2D eigenvalue weighted by Crippen LogP contribution is -2.12. The number of halogens is 3. The second kappa shape index (κ2) is 5.72. The molecular weight excluding hydrogens is 305 g/mol. The van der Waals surface area contributed by atoms with Gasteiger partial charge in [-0.05, 0) is 30.1 Å². The number of carboxylic acid groups (broad SMARTS) is 1. The Balaban J connectivity index is 2.24. The molecule has 0 amide bonds. The highest BCUT2D eigenvalue weighted by molar-refractivity contribution is 7.10. The van der Waals surface area contributed by atoms with E-state index in [0.717, 1.165) is 17.6 Å². The number of nitrogens with zero attached hydrogens (tertiary/aromatic N) is 1. The van der Waals surface area contributed by atoms with Crippen LogP contribution in [0.15, 0.2) is 24.3 Å². The van der Waals surface area contributed by atoms with Crippen LogP contribution in [-0.4, -0.2) is 15.4 Å². The fraction of sp³-hybridized carbons (Fsp3) is 0.231. The van der Waals surface area contributed by atoms with Crippen molar-refractivity contribution >= 4 is 22.5 Å². The second-order valence-corrected chi connectivity index (χ2v) is 5.06. The summed E-state index contributed by atoms with van der Waals surface area (Å²) >= 11 is 0.914. The summed E-state index contributed by atoms with van der Waals surface area (Å²) < 4.78 is 42.5. The van der Waals surface area contributed by atoms with Crippen molar-refractivity contribution in [1.82, 2.24) is 4.37 Å². The van der Waals surface area contributed by atoms with Crippen LogP contribution in [-0.2, 0) is 12.7 Å². The number of nitrogens with one attached hydrogen (secondary N) is 1. The zero-order chi connectivity index (χ0) is 15.6. The molecule has 1 aromatic carbocycles. The molecule has 0 saturated heterocycles. The van der Waals surface area contributed by atoms with Crippen LogP contribution < -0.4 is 5.32 Å². The highest BCUT2D eigenvalue weighted by Gasteiger charge is 2.32. The maximum atomic E-state index is 12.9. The number of hydrogen-bond acceptors (Lipinski definition) is 4. The maximum Gasteiger partial charge on any atom is 0.416 e. The molecule has 0 spiro atoms. The Labute approximate surface area is 122 Å². The van der Waals surface area contributed by atoms with Gasteiger partial charge in [0.2, 0.25) is 0 Å². The van der Waals surface area contributed by atoms with Gasteiger partial charge in [-0.3, -0.25) is 0 Å². The fourth-order valence-corrected chi connectivity index (χ4v) is 2.65. The van der Waals surface area contributed by atoms with Crippen LogP contribution in [0.5, 0.6) is 0 Å². The maximum absolute atomic E-state index is 12.9. The van der Waals surface area contributed by atoms with E-state index < -0.39 is 17.7 Å². The minimum absolute atomic E-state index is 0.00973. The molecule has 21 heavy (non-hydrogen) atoms. The number of aromatic nitrogens is 1. The molecule has 0 aliphatic rings. The van der Waals surface area contributed by atoms with Crippen molar-refractivity contribution in [1.29, 1.82) is 0 Å². The summed E-state index contributed by atoms with van der Waals surface area (Å²) in [5, 5.41) is 12.0. The molecule has 0 aliphatic heterocycles. The predicted molar refractivity (Wildman–Crippen MR) is 72.6 cm³/mol. The van der Waals surface area contributed by atoms with Gasteiger partial charge in [-0.15, -0.1) is 0 Å². The molecule has 1 heterocycles. The number of carbonyl (C=O) groups is 1. The van der Waals surface area contributed by atoms with E-state index in [0.29, 0.717) is 5.69 Å². The largest absolute Gasteiger partial charge is 0.478 e. The summed E-state index contributed by atoms with van der Waals surface area (Å²) in [5.41, 5.74) is -0.369. The van der Waals surface area contributed by atoms with Crippen molar-refractivity contribution in [3.05, 3.63) is 46.6 Å². The van der Waals surface area contributed by atoms with Crippen LogP contribution >= 0.6 is 11.5 Å². The number of rotatable bonds is 4. The molecule has 2 N–H and O–H groups in total. The molecule has 0 radical (unpaired) electrons. The second-order valence-electron chi connectivity index (χ2n) is 4.29. The zero-order valence-electron chi connectivity index (χ0n) is 10.9. The molecule has 0 fully saturated rings. The van der Waals surface area contributed by atoms with Gasteiger partial charge >= 0.3 is 12.1 Å². The Bertz CT molecular complexity index is 668. The normalized spacial score (nSPS) is 11.4. The van der Waals surface area contributed by atoms with Crippen molar-refractivity contribution in [2.45, 2.75) is 19.6 Å². The first-order valence-electron chi connectivity index (χ1n) is 5.89. The van der Waals surface area contributed by atoms with Gasteiger partial charge in [-0.1, -0.05) is 18.2 Å². The standard InChI is InChI=1S/C13H11F3N2O2S/c1-7-10(12(19)20)11(21-18-7)17-6-8-4-2-3-5-9(8)13(14,15)16/h2-5,17H,6H2,1H3,(H,19,20). The highest BCUT2D eigenvalue weighted by Crippen LogP contribution is 2.32. The van der Waals surface area contributed by atoms with Gasteiger partial charge in [0.05, 0.1) is 11.3 Å².